The van der Waals surface area contributed by atoms with E-state index >= 15 is 0 Å². The standard InChI is InChI=1S/C10H17NO7/c1-5(4-12)2-7(14)11-3-6(13)8(15)9(16)10(17)18/h4-6,8-9,13,15-16H,2-3H2,1H3,(H,11,14)(H,17,18)/t5-,6-,8+,9-/m0/s1. The summed E-state index contributed by atoms with van der Waals surface area (Å²) in [5.41, 5.74) is 0. The van der Waals surface area contributed by atoms with Crippen LogP contribution in [-0.4, -0.2) is 63.4 Å². The highest BCUT2D eigenvalue weighted by Crippen LogP contribution is 2.01. The van der Waals surface area contributed by atoms with E-state index in [-0.39, 0.29) is 6.42 Å². The first-order valence-corrected chi connectivity index (χ1v) is 5.28. The molecule has 0 saturated carbocycles. The molecule has 0 unspecified atom stereocenters. The van der Waals surface area contributed by atoms with Crippen LogP contribution in [0.2, 0.25) is 0 Å². The molecule has 0 spiro atoms. The summed E-state index contributed by atoms with van der Waals surface area (Å²) in [4.78, 5) is 31.8. The summed E-state index contributed by atoms with van der Waals surface area (Å²) in [5.74, 6) is -2.68. The Kier molecular flexibility index (Phi) is 7.10. The number of carbonyl (C=O) groups is 3. The van der Waals surface area contributed by atoms with Gasteiger partial charge in [-0.25, -0.2) is 4.79 Å². The van der Waals surface area contributed by atoms with Crippen molar-refractivity contribution >= 4 is 18.2 Å². The van der Waals surface area contributed by atoms with Crippen molar-refractivity contribution in [2.45, 2.75) is 31.7 Å². The fraction of sp³-hybridized carbons (Fsp3) is 0.700. The Morgan fingerprint density at radius 2 is 1.83 bits per heavy atom. The quantitative estimate of drug-likeness (QED) is 0.304. The lowest BCUT2D eigenvalue weighted by atomic mass is 10.1. The number of carboxylic acid groups (broad SMARTS) is 1. The van der Waals surface area contributed by atoms with Gasteiger partial charge in [-0.3, -0.25) is 4.79 Å². The summed E-state index contributed by atoms with van der Waals surface area (Å²) in [6.45, 7) is 1.11. The molecule has 0 aromatic heterocycles. The van der Waals surface area contributed by atoms with E-state index < -0.39 is 42.7 Å². The zero-order chi connectivity index (χ0) is 14.3. The fourth-order valence-electron chi connectivity index (χ4n) is 1.11. The van der Waals surface area contributed by atoms with Crippen LogP contribution >= 0.6 is 0 Å². The predicted octanol–water partition coefficient (Wildman–Crippen LogP) is -2.50. The third-order valence-corrected chi connectivity index (χ3v) is 2.22. The molecule has 18 heavy (non-hydrogen) atoms. The highest BCUT2D eigenvalue weighted by atomic mass is 16.4. The number of aldehydes is 1. The topological polar surface area (TPSA) is 144 Å². The number of aliphatic carboxylic acids is 1. The Hall–Kier alpha value is -1.51. The Morgan fingerprint density at radius 3 is 2.28 bits per heavy atom. The molecule has 4 atom stereocenters. The van der Waals surface area contributed by atoms with E-state index in [2.05, 4.69) is 5.32 Å². The number of rotatable bonds is 8. The summed E-state index contributed by atoms with van der Waals surface area (Å²) in [6, 6.07) is 0. The van der Waals surface area contributed by atoms with E-state index in [1.165, 1.54) is 6.92 Å². The van der Waals surface area contributed by atoms with Crippen LogP contribution in [0.1, 0.15) is 13.3 Å². The zero-order valence-electron chi connectivity index (χ0n) is 9.81. The van der Waals surface area contributed by atoms with Gasteiger partial charge in [0.25, 0.3) is 0 Å². The first-order chi connectivity index (χ1) is 8.29. The first-order valence-electron chi connectivity index (χ1n) is 5.28. The molecule has 0 radical (unpaired) electrons. The second kappa shape index (κ2) is 7.75. The molecule has 0 aliphatic rings. The average molecular weight is 263 g/mol. The lowest BCUT2D eigenvalue weighted by Crippen LogP contribution is -2.47. The van der Waals surface area contributed by atoms with E-state index in [0.717, 1.165) is 0 Å². The van der Waals surface area contributed by atoms with E-state index in [1.807, 2.05) is 0 Å². The zero-order valence-corrected chi connectivity index (χ0v) is 9.81. The molecule has 8 nitrogen and oxygen atoms in total. The maximum absolute atomic E-state index is 11.2. The lowest BCUT2D eigenvalue weighted by Gasteiger charge is -2.20. The SMILES string of the molecule is C[C@H](C=O)CC(=O)NC[C@H](O)[C@@H](O)[C@H](O)C(=O)O. The maximum Gasteiger partial charge on any atom is 0.335 e. The van der Waals surface area contributed by atoms with Crippen LogP contribution in [0.25, 0.3) is 0 Å². The average Bonchev–Trinajstić information content (AvgIpc) is 2.33. The Balaban J connectivity index is 4.09. The van der Waals surface area contributed by atoms with Gasteiger partial charge in [0.15, 0.2) is 6.10 Å². The van der Waals surface area contributed by atoms with E-state index in [9.17, 15) is 24.6 Å². The Morgan fingerprint density at radius 1 is 1.28 bits per heavy atom. The minimum absolute atomic E-state index is 0.0756. The van der Waals surface area contributed by atoms with Gasteiger partial charge >= 0.3 is 5.97 Å². The fourth-order valence-corrected chi connectivity index (χ4v) is 1.11. The number of aliphatic hydroxyl groups excluding tert-OH is 3. The minimum atomic E-state index is -2.13. The van der Waals surface area contributed by atoms with Gasteiger partial charge in [-0.15, -0.1) is 0 Å². The monoisotopic (exact) mass is 263 g/mol. The van der Waals surface area contributed by atoms with Gasteiger partial charge in [0.1, 0.15) is 18.5 Å². The van der Waals surface area contributed by atoms with Crippen LogP contribution in [0.15, 0.2) is 0 Å². The molecule has 1 amide bonds. The van der Waals surface area contributed by atoms with Crippen molar-refractivity contribution in [3.05, 3.63) is 0 Å². The molecule has 0 aliphatic carbocycles. The molecule has 0 fully saturated rings. The molecular formula is C10H17NO7. The van der Waals surface area contributed by atoms with Gasteiger partial charge < -0.3 is 30.5 Å². The van der Waals surface area contributed by atoms with E-state index in [4.69, 9.17) is 10.2 Å². The van der Waals surface area contributed by atoms with E-state index in [0.29, 0.717) is 6.29 Å². The van der Waals surface area contributed by atoms with Crippen molar-refractivity contribution in [2.24, 2.45) is 5.92 Å². The van der Waals surface area contributed by atoms with Gasteiger partial charge in [0, 0.05) is 18.9 Å². The summed E-state index contributed by atoms with van der Waals surface area (Å²) in [6.07, 6.45) is -5.14. The molecule has 0 aromatic carbocycles. The summed E-state index contributed by atoms with van der Waals surface area (Å²) in [5, 5.41) is 38.1. The second-order valence-corrected chi connectivity index (χ2v) is 3.96. The Bertz CT molecular complexity index is 307. The van der Waals surface area contributed by atoms with Crippen molar-refractivity contribution < 1.29 is 34.8 Å². The number of amides is 1. The lowest BCUT2D eigenvalue weighted by molar-refractivity contribution is -0.157. The highest BCUT2D eigenvalue weighted by molar-refractivity contribution is 5.79. The maximum atomic E-state index is 11.2. The van der Waals surface area contributed by atoms with Crippen molar-refractivity contribution in [3.63, 3.8) is 0 Å². The molecule has 0 heterocycles. The third-order valence-electron chi connectivity index (χ3n) is 2.22. The molecule has 0 aliphatic heterocycles. The molecule has 0 saturated heterocycles. The predicted molar refractivity (Wildman–Crippen MR) is 58.5 cm³/mol. The number of carbonyl (C=O) groups excluding carboxylic acids is 2. The van der Waals surface area contributed by atoms with Crippen molar-refractivity contribution in [1.82, 2.24) is 5.32 Å². The van der Waals surface area contributed by atoms with Gasteiger partial charge in [0.05, 0.1) is 0 Å². The number of aliphatic hydroxyl groups is 3. The van der Waals surface area contributed by atoms with Crippen molar-refractivity contribution in [3.8, 4) is 0 Å². The van der Waals surface area contributed by atoms with Gasteiger partial charge in [-0.05, 0) is 0 Å². The van der Waals surface area contributed by atoms with Crippen LogP contribution in [0.4, 0.5) is 0 Å². The van der Waals surface area contributed by atoms with Crippen LogP contribution in [0, 0.1) is 5.92 Å². The molecule has 8 heteroatoms. The van der Waals surface area contributed by atoms with Gasteiger partial charge in [-0.2, -0.15) is 0 Å². The third kappa shape index (κ3) is 5.71. The molecule has 0 bridgehead atoms. The van der Waals surface area contributed by atoms with Gasteiger partial charge in [0.2, 0.25) is 5.91 Å². The van der Waals surface area contributed by atoms with Crippen LogP contribution in [-0.2, 0) is 14.4 Å². The molecule has 0 aromatic rings. The molecule has 0 rings (SSSR count). The smallest absolute Gasteiger partial charge is 0.335 e. The number of hydrogen-bond acceptors (Lipinski definition) is 6. The van der Waals surface area contributed by atoms with Crippen molar-refractivity contribution in [2.75, 3.05) is 6.54 Å². The molecule has 5 N–H and O–H groups in total. The number of nitrogens with one attached hydrogen (secondary N) is 1. The minimum Gasteiger partial charge on any atom is -0.479 e. The van der Waals surface area contributed by atoms with Crippen LogP contribution in [0.3, 0.4) is 0 Å². The van der Waals surface area contributed by atoms with Gasteiger partial charge in [-0.1, -0.05) is 6.92 Å². The number of hydrogen-bond donors (Lipinski definition) is 5. The summed E-state index contributed by atoms with van der Waals surface area (Å²) < 4.78 is 0. The number of carboxylic acids is 1. The largest absolute Gasteiger partial charge is 0.479 e. The molecular weight excluding hydrogens is 246 g/mol. The Labute approximate surface area is 103 Å². The van der Waals surface area contributed by atoms with E-state index in [1.54, 1.807) is 0 Å². The van der Waals surface area contributed by atoms with Crippen LogP contribution < -0.4 is 5.32 Å². The summed E-state index contributed by atoms with van der Waals surface area (Å²) in [7, 11) is 0. The van der Waals surface area contributed by atoms with Crippen LogP contribution in [0.5, 0.6) is 0 Å². The summed E-state index contributed by atoms with van der Waals surface area (Å²) >= 11 is 0. The molecule has 104 valence electrons. The highest BCUT2D eigenvalue weighted by Gasteiger charge is 2.30. The second-order valence-electron chi connectivity index (χ2n) is 3.96. The van der Waals surface area contributed by atoms with Crippen molar-refractivity contribution in [1.29, 1.82) is 0 Å². The normalized spacial score (nSPS) is 17.3. The first kappa shape index (κ1) is 16.5.